The number of carbonyl (C=O) groups is 2. The highest BCUT2D eigenvalue weighted by Crippen LogP contribution is 2.28. The molecule has 0 saturated heterocycles. The number of carbonyl (C=O) groups excluding carboxylic acids is 1. The average molecular weight is 349 g/mol. The Bertz CT molecular complexity index is 893. The van der Waals surface area contributed by atoms with Gasteiger partial charge >= 0.3 is 5.97 Å². The van der Waals surface area contributed by atoms with Crippen molar-refractivity contribution in [3.63, 3.8) is 0 Å². The molecule has 5 heteroatoms. The second kappa shape index (κ2) is 7.27. The van der Waals surface area contributed by atoms with Gasteiger partial charge in [0, 0.05) is 5.69 Å². The van der Waals surface area contributed by atoms with Gasteiger partial charge in [0.25, 0.3) is 0 Å². The van der Waals surface area contributed by atoms with Crippen molar-refractivity contribution in [2.24, 2.45) is 0 Å². The zero-order valence-electron chi connectivity index (χ0n) is 14.5. The van der Waals surface area contributed by atoms with Crippen LogP contribution < -0.4 is 5.32 Å². The molecule has 0 aliphatic carbocycles. The molecule has 0 fully saturated rings. The summed E-state index contributed by atoms with van der Waals surface area (Å²) in [6.07, 6.45) is 1.55. The number of aliphatic carboxylic acids is 1. The Balaban J connectivity index is 1.87. The summed E-state index contributed by atoms with van der Waals surface area (Å²) in [5, 5.41) is 12.2. The van der Waals surface area contributed by atoms with Crippen LogP contribution in [0.4, 0.5) is 5.69 Å². The molecular weight excluding hydrogens is 330 g/mol. The fourth-order valence-corrected chi connectivity index (χ4v) is 2.59. The predicted octanol–water partition coefficient (Wildman–Crippen LogP) is 4.16. The van der Waals surface area contributed by atoms with Crippen LogP contribution in [0.2, 0.25) is 0 Å². The summed E-state index contributed by atoms with van der Waals surface area (Å²) in [7, 11) is 0. The van der Waals surface area contributed by atoms with Gasteiger partial charge in [-0.05, 0) is 35.3 Å². The van der Waals surface area contributed by atoms with Gasteiger partial charge in [-0.1, -0.05) is 56.3 Å². The Morgan fingerprint density at radius 1 is 1.08 bits per heavy atom. The molecular formula is C21H19NO4. The summed E-state index contributed by atoms with van der Waals surface area (Å²) in [5.41, 5.74) is 2.18. The number of anilines is 1. The third-order valence-electron chi connectivity index (χ3n) is 4.04. The van der Waals surface area contributed by atoms with Gasteiger partial charge in [0.15, 0.2) is 11.3 Å². The number of allylic oxidation sites excluding steroid dienone is 1. The molecule has 0 unspecified atom stereocenters. The van der Waals surface area contributed by atoms with E-state index < -0.39 is 17.3 Å². The van der Waals surface area contributed by atoms with E-state index in [9.17, 15) is 14.7 Å². The third-order valence-corrected chi connectivity index (χ3v) is 4.04. The topological polar surface area (TPSA) is 75.6 Å². The van der Waals surface area contributed by atoms with Gasteiger partial charge in [0.05, 0.1) is 0 Å². The summed E-state index contributed by atoms with van der Waals surface area (Å²) >= 11 is 0. The number of para-hydroxylation sites is 1. The van der Waals surface area contributed by atoms with Crippen molar-refractivity contribution in [2.45, 2.75) is 19.8 Å². The third kappa shape index (κ3) is 3.67. The molecule has 0 saturated carbocycles. The van der Waals surface area contributed by atoms with Gasteiger partial charge < -0.3 is 15.2 Å². The van der Waals surface area contributed by atoms with Crippen molar-refractivity contribution in [2.75, 3.05) is 5.32 Å². The first-order chi connectivity index (χ1) is 12.5. The number of hydrogen-bond donors (Lipinski definition) is 2. The van der Waals surface area contributed by atoms with Gasteiger partial charge in [-0.2, -0.15) is 0 Å². The SMILES string of the molecule is CC(C)c1ccc(/C=C2\OC(Nc3ccccc3)=C(C(=O)O)C2=O)cc1. The van der Waals surface area contributed by atoms with Gasteiger partial charge in [0.2, 0.25) is 11.7 Å². The maximum atomic E-state index is 12.5. The number of ether oxygens (including phenoxy) is 1. The fraction of sp³-hybridized carbons (Fsp3) is 0.143. The molecule has 0 spiro atoms. The molecule has 0 amide bonds. The number of Topliss-reactive ketones (excluding diaryl/α,β-unsaturated/α-hetero) is 1. The van der Waals surface area contributed by atoms with Crippen molar-refractivity contribution >= 4 is 23.5 Å². The number of benzene rings is 2. The number of hydrogen-bond acceptors (Lipinski definition) is 4. The quantitative estimate of drug-likeness (QED) is 0.626. The Hall–Kier alpha value is -3.34. The van der Waals surface area contributed by atoms with Gasteiger partial charge in [-0.3, -0.25) is 4.79 Å². The molecule has 0 aromatic heterocycles. The zero-order chi connectivity index (χ0) is 18.7. The van der Waals surface area contributed by atoms with E-state index in [0.717, 1.165) is 5.56 Å². The van der Waals surface area contributed by atoms with Crippen LogP contribution >= 0.6 is 0 Å². The number of nitrogens with one attached hydrogen (secondary N) is 1. The Morgan fingerprint density at radius 3 is 2.31 bits per heavy atom. The smallest absolute Gasteiger partial charge is 0.345 e. The number of carboxylic acids is 1. The summed E-state index contributed by atoms with van der Waals surface area (Å²) in [4.78, 5) is 24.0. The highest BCUT2D eigenvalue weighted by molar-refractivity contribution is 6.26. The molecule has 132 valence electrons. The van der Waals surface area contributed by atoms with Crippen molar-refractivity contribution in [3.05, 3.63) is 82.9 Å². The van der Waals surface area contributed by atoms with Crippen molar-refractivity contribution in [3.8, 4) is 0 Å². The molecule has 2 N–H and O–H groups in total. The molecule has 0 bridgehead atoms. The number of ketones is 1. The summed E-state index contributed by atoms with van der Waals surface area (Å²) in [6, 6.07) is 16.7. The minimum atomic E-state index is -1.33. The first kappa shape index (κ1) is 17.5. The number of rotatable bonds is 5. The Labute approximate surface area is 151 Å². The van der Waals surface area contributed by atoms with E-state index in [-0.39, 0.29) is 11.6 Å². The molecule has 1 aliphatic heterocycles. The molecule has 1 heterocycles. The molecule has 2 aromatic carbocycles. The van der Waals surface area contributed by atoms with E-state index in [1.54, 1.807) is 30.3 Å². The molecule has 1 aliphatic rings. The molecule has 0 atom stereocenters. The summed E-state index contributed by atoms with van der Waals surface area (Å²) in [5.74, 6) is -1.66. The second-order valence-electron chi connectivity index (χ2n) is 6.26. The molecule has 2 aromatic rings. The van der Waals surface area contributed by atoms with Crippen molar-refractivity contribution in [1.29, 1.82) is 0 Å². The molecule has 26 heavy (non-hydrogen) atoms. The van der Waals surface area contributed by atoms with E-state index in [1.165, 1.54) is 5.56 Å². The van der Waals surface area contributed by atoms with Crippen molar-refractivity contribution in [1.82, 2.24) is 0 Å². The van der Waals surface area contributed by atoms with Crippen LogP contribution in [0.3, 0.4) is 0 Å². The lowest BCUT2D eigenvalue weighted by molar-refractivity contribution is -0.134. The average Bonchev–Trinajstić information content (AvgIpc) is 2.91. The largest absolute Gasteiger partial charge is 0.477 e. The van der Waals surface area contributed by atoms with Crippen LogP contribution in [0.1, 0.15) is 30.9 Å². The van der Waals surface area contributed by atoms with E-state index in [0.29, 0.717) is 11.6 Å². The Morgan fingerprint density at radius 2 is 1.73 bits per heavy atom. The zero-order valence-corrected chi connectivity index (χ0v) is 14.5. The highest BCUT2D eigenvalue weighted by atomic mass is 16.5. The van der Waals surface area contributed by atoms with Gasteiger partial charge in [0.1, 0.15) is 0 Å². The molecule has 3 rings (SSSR count). The lowest BCUT2D eigenvalue weighted by atomic mass is 10.0. The number of carboxylic acid groups (broad SMARTS) is 1. The maximum Gasteiger partial charge on any atom is 0.345 e. The Kier molecular flexibility index (Phi) is 4.89. The molecule has 5 nitrogen and oxygen atoms in total. The van der Waals surface area contributed by atoms with Crippen LogP contribution in [0, 0.1) is 0 Å². The first-order valence-electron chi connectivity index (χ1n) is 8.29. The predicted molar refractivity (Wildman–Crippen MR) is 99.3 cm³/mol. The summed E-state index contributed by atoms with van der Waals surface area (Å²) in [6.45, 7) is 4.20. The minimum Gasteiger partial charge on any atom is -0.477 e. The monoisotopic (exact) mass is 349 g/mol. The van der Waals surface area contributed by atoms with Crippen LogP contribution in [0.25, 0.3) is 6.08 Å². The van der Waals surface area contributed by atoms with Crippen LogP contribution in [0.15, 0.2) is 71.8 Å². The highest BCUT2D eigenvalue weighted by Gasteiger charge is 2.35. The van der Waals surface area contributed by atoms with E-state index in [2.05, 4.69) is 19.2 Å². The summed E-state index contributed by atoms with van der Waals surface area (Å²) < 4.78 is 5.53. The maximum absolute atomic E-state index is 12.5. The second-order valence-corrected chi connectivity index (χ2v) is 6.26. The fourth-order valence-electron chi connectivity index (χ4n) is 2.59. The lowest BCUT2D eigenvalue weighted by Crippen LogP contribution is -2.12. The standard InChI is InChI=1S/C21H19NO4/c1-13(2)15-10-8-14(9-11-15)12-17-19(23)18(21(24)25)20(26-17)22-16-6-4-3-5-7-16/h3-13,22H,1-2H3,(H,24,25)/b17-12-. The molecule has 0 radical (unpaired) electrons. The first-order valence-corrected chi connectivity index (χ1v) is 8.29. The van der Waals surface area contributed by atoms with Crippen molar-refractivity contribution < 1.29 is 19.4 Å². The minimum absolute atomic E-state index is 0.0156. The van der Waals surface area contributed by atoms with E-state index >= 15 is 0 Å². The van der Waals surface area contributed by atoms with Crippen LogP contribution in [0.5, 0.6) is 0 Å². The van der Waals surface area contributed by atoms with Crippen LogP contribution in [-0.2, 0) is 14.3 Å². The van der Waals surface area contributed by atoms with Crippen LogP contribution in [-0.4, -0.2) is 16.9 Å². The van der Waals surface area contributed by atoms with Gasteiger partial charge in [-0.15, -0.1) is 0 Å². The normalized spacial score (nSPS) is 15.5. The van der Waals surface area contributed by atoms with Gasteiger partial charge in [-0.25, -0.2) is 4.79 Å². The lowest BCUT2D eigenvalue weighted by Gasteiger charge is -2.08. The van der Waals surface area contributed by atoms with E-state index in [1.807, 2.05) is 30.3 Å². The van der Waals surface area contributed by atoms with E-state index in [4.69, 9.17) is 4.74 Å².